The number of aliphatic hydroxyl groups excluding tert-OH is 1. The second kappa shape index (κ2) is 9.78. The third-order valence-corrected chi connectivity index (χ3v) is 5.62. The molecule has 0 saturated carbocycles. The highest BCUT2D eigenvalue weighted by Crippen LogP contribution is 2.38. The van der Waals surface area contributed by atoms with Crippen molar-refractivity contribution in [2.24, 2.45) is 5.92 Å². The van der Waals surface area contributed by atoms with Gasteiger partial charge in [-0.25, -0.2) is 4.79 Å². The van der Waals surface area contributed by atoms with Crippen LogP contribution in [0.3, 0.4) is 0 Å². The van der Waals surface area contributed by atoms with E-state index in [2.05, 4.69) is 38.1 Å². The first-order valence-corrected chi connectivity index (χ1v) is 10.7. The molecule has 2 aromatic rings. The Morgan fingerprint density at radius 2 is 1.52 bits per heavy atom. The fourth-order valence-electron chi connectivity index (χ4n) is 4.30. The minimum atomic E-state index is -0.617. The van der Waals surface area contributed by atoms with Crippen molar-refractivity contribution in [3.05, 3.63) is 83.1 Å². The Morgan fingerprint density at radius 1 is 0.931 bits per heavy atom. The van der Waals surface area contributed by atoms with Gasteiger partial charge in [-0.15, -0.1) is 0 Å². The quantitative estimate of drug-likeness (QED) is 0.518. The number of carbonyl (C=O) groups is 1. The van der Waals surface area contributed by atoms with Gasteiger partial charge >= 0.3 is 5.97 Å². The molecule has 3 nitrogen and oxygen atoms in total. The molecule has 2 aromatic carbocycles. The van der Waals surface area contributed by atoms with E-state index in [-0.39, 0.29) is 11.7 Å². The Kier molecular flexibility index (Phi) is 7.13. The fraction of sp³-hybridized carbons (Fsp3) is 0.423. The van der Waals surface area contributed by atoms with Crippen molar-refractivity contribution in [3.63, 3.8) is 0 Å². The first-order chi connectivity index (χ1) is 14.0. The van der Waals surface area contributed by atoms with Crippen LogP contribution in [0.1, 0.15) is 57.1 Å². The predicted molar refractivity (Wildman–Crippen MR) is 117 cm³/mol. The summed E-state index contributed by atoms with van der Waals surface area (Å²) in [7, 11) is 0. The highest BCUT2D eigenvalue weighted by Gasteiger charge is 2.41. The number of aryl methyl sites for hydroxylation is 2. The van der Waals surface area contributed by atoms with E-state index >= 15 is 0 Å². The van der Waals surface area contributed by atoms with E-state index in [0.717, 1.165) is 32.1 Å². The van der Waals surface area contributed by atoms with E-state index in [1.165, 1.54) is 11.1 Å². The third-order valence-electron chi connectivity index (χ3n) is 5.62. The molecule has 0 fully saturated rings. The molecule has 1 aliphatic heterocycles. The van der Waals surface area contributed by atoms with Gasteiger partial charge in [-0.2, -0.15) is 0 Å². The summed E-state index contributed by atoms with van der Waals surface area (Å²) >= 11 is 0. The number of carbonyl (C=O) groups excluding carboxylic acids is 1. The summed E-state index contributed by atoms with van der Waals surface area (Å²) in [6.45, 7) is 4.27. The molecule has 0 saturated heterocycles. The molecular formula is C26H32O3. The minimum Gasteiger partial charge on any atom is -0.512 e. The smallest absolute Gasteiger partial charge is 0.337 e. The first kappa shape index (κ1) is 21.2. The van der Waals surface area contributed by atoms with Crippen LogP contribution in [-0.2, 0) is 22.4 Å². The summed E-state index contributed by atoms with van der Waals surface area (Å²) in [5.41, 5.74) is 2.31. The molecule has 1 unspecified atom stereocenters. The molecule has 0 radical (unpaired) electrons. The second-order valence-electron chi connectivity index (χ2n) is 8.60. The largest absolute Gasteiger partial charge is 0.512 e. The summed E-state index contributed by atoms with van der Waals surface area (Å²) in [6.07, 6.45) is 4.99. The van der Waals surface area contributed by atoms with Crippen LogP contribution in [0.5, 0.6) is 0 Å². The highest BCUT2D eigenvalue weighted by molar-refractivity contribution is 5.90. The minimum absolute atomic E-state index is 0.225. The fourth-order valence-corrected chi connectivity index (χ4v) is 4.30. The van der Waals surface area contributed by atoms with Gasteiger partial charge in [0.05, 0.1) is 5.57 Å². The van der Waals surface area contributed by atoms with Crippen molar-refractivity contribution in [1.82, 2.24) is 0 Å². The van der Waals surface area contributed by atoms with Gasteiger partial charge in [-0.1, -0.05) is 74.5 Å². The van der Waals surface area contributed by atoms with Crippen LogP contribution in [-0.4, -0.2) is 16.7 Å². The summed E-state index contributed by atoms with van der Waals surface area (Å²) in [6, 6.07) is 20.5. The molecule has 1 aliphatic rings. The van der Waals surface area contributed by atoms with Crippen LogP contribution in [0.25, 0.3) is 0 Å². The molecule has 3 rings (SSSR count). The topological polar surface area (TPSA) is 46.5 Å². The van der Waals surface area contributed by atoms with E-state index in [1.807, 2.05) is 36.4 Å². The molecule has 1 N–H and O–H groups in total. The molecule has 0 amide bonds. The molecule has 0 aromatic heterocycles. The van der Waals surface area contributed by atoms with Crippen molar-refractivity contribution in [1.29, 1.82) is 0 Å². The number of ether oxygens (including phenoxy) is 1. The van der Waals surface area contributed by atoms with Gasteiger partial charge in [0.2, 0.25) is 0 Å². The van der Waals surface area contributed by atoms with Crippen molar-refractivity contribution in [3.8, 4) is 0 Å². The van der Waals surface area contributed by atoms with Gasteiger partial charge in [0.1, 0.15) is 11.4 Å². The lowest BCUT2D eigenvalue weighted by Gasteiger charge is -2.38. The second-order valence-corrected chi connectivity index (χ2v) is 8.60. The number of aliphatic hydroxyl groups is 1. The Bertz CT molecular complexity index is 824. The van der Waals surface area contributed by atoms with Gasteiger partial charge in [0.25, 0.3) is 0 Å². The Hall–Kier alpha value is -2.55. The summed E-state index contributed by atoms with van der Waals surface area (Å²) in [5, 5.41) is 10.8. The van der Waals surface area contributed by atoms with E-state index in [4.69, 9.17) is 4.74 Å². The average molecular weight is 393 g/mol. The average Bonchev–Trinajstić information content (AvgIpc) is 2.70. The van der Waals surface area contributed by atoms with Gasteiger partial charge in [0.15, 0.2) is 0 Å². The standard InChI is InChI=1S/C26H32O3/c1-20(2)18-26(17-16-22-12-7-4-8-13-22)19-24(27)23(25(28)29-26)15-9-14-21-10-5-3-6-11-21/h3-8,10-13,20,27H,9,14-19H2,1-2H3. The van der Waals surface area contributed by atoms with Crippen LogP contribution < -0.4 is 0 Å². The first-order valence-electron chi connectivity index (χ1n) is 10.7. The number of cyclic esters (lactones) is 1. The molecule has 0 aliphatic carbocycles. The zero-order valence-corrected chi connectivity index (χ0v) is 17.6. The number of hydrogen-bond donors (Lipinski definition) is 1. The molecule has 29 heavy (non-hydrogen) atoms. The monoisotopic (exact) mass is 392 g/mol. The normalized spacial score (nSPS) is 19.5. The number of benzene rings is 2. The van der Waals surface area contributed by atoms with E-state index < -0.39 is 5.60 Å². The SMILES string of the molecule is CC(C)CC1(CCc2ccccc2)CC(O)=C(CCCc2ccccc2)C(=O)O1. The molecule has 1 atom stereocenters. The lowest BCUT2D eigenvalue weighted by Crippen LogP contribution is -2.42. The third kappa shape index (κ3) is 5.96. The zero-order chi connectivity index (χ0) is 20.7. The molecule has 0 spiro atoms. The van der Waals surface area contributed by atoms with E-state index in [0.29, 0.717) is 24.3 Å². The lowest BCUT2D eigenvalue weighted by atomic mass is 9.81. The highest BCUT2D eigenvalue weighted by atomic mass is 16.6. The van der Waals surface area contributed by atoms with Gasteiger partial charge in [-0.3, -0.25) is 0 Å². The molecular weight excluding hydrogens is 360 g/mol. The summed E-state index contributed by atoms with van der Waals surface area (Å²) in [5.74, 6) is 0.268. The van der Waals surface area contributed by atoms with E-state index in [1.54, 1.807) is 0 Å². The van der Waals surface area contributed by atoms with Gasteiger partial charge in [-0.05, 0) is 55.6 Å². The molecule has 3 heteroatoms. The van der Waals surface area contributed by atoms with Gasteiger partial charge < -0.3 is 9.84 Å². The van der Waals surface area contributed by atoms with Crippen molar-refractivity contribution in [2.75, 3.05) is 0 Å². The van der Waals surface area contributed by atoms with Crippen LogP contribution in [0.4, 0.5) is 0 Å². The maximum Gasteiger partial charge on any atom is 0.337 e. The van der Waals surface area contributed by atoms with Crippen LogP contribution in [0.2, 0.25) is 0 Å². The Labute approximate surface area is 174 Å². The summed E-state index contributed by atoms with van der Waals surface area (Å²) in [4.78, 5) is 12.8. The van der Waals surface area contributed by atoms with Crippen molar-refractivity contribution < 1.29 is 14.6 Å². The molecule has 1 heterocycles. The van der Waals surface area contributed by atoms with Crippen LogP contribution in [0.15, 0.2) is 72.0 Å². The Morgan fingerprint density at radius 3 is 2.07 bits per heavy atom. The molecule has 0 bridgehead atoms. The van der Waals surface area contributed by atoms with Crippen LogP contribution in [0, 0.1) is 5.92 Å². The van der Waals surface area contributed by atoms with Crippen molar-refractivity contribution >= 4 is 5.97 Å². The maximum atomic E-state index is 12.8. The van der Waals surface area contributed by atoms with E-state index in [9.17, 15) is 9.90 Å². The zero-order valence-electron chi connectivity index (χ0n) is 17.6. The summed E-state index contributed by atoms with van der Waals surface area (Å²) < 4.78 is 6.04. The molecule has 154 valence electrons. The number of esters is 1. The number of hydrogen-bond acceptors (Lipinski definition) is 3. The Balaban J connectivity index is 1.67. The van der Waals surface area contributed by atoms with Crippen LogP contribution >= 0.6 is 0 Å². The number of rotatable bonds is 9. The van der Waals surface area contributed by atoms with Crippen molar-refractivity contribution in [2.45, 2.75) is 64.4 Å². The predicted octanol–water partition coefficient (Wildman–Crippen LogP) is 6.19. The van der Waals surface area contributed by atoms with Gasteiger partial charge in [0, 0.05) is 6.42 Å². The lowest BCUT2D eigenvalue weighted by molar-refractivity contribution is -0.162. The maximum absolute atomic E-state index is 12.8.